The van der Waals surface area contributed by atoms with Crippen molar-refractivity contribution in [2.45, 2.75) is 37.4 Å². The predicted molar refractivity (Wildman–Crippen MR) is 149 cm³/mol. The average molecular weight is 620 g/mol. The van der Waals surface area contributed by atoms with E-state index in [4.69, 9.17) is 4.42 Å². The van der Waals surface area contributed by atoms with Gasteiger partial charge >= 0.3 is 13.5 Å². The zero-order valence-corrected chi connectivity index (χ0v) is 23.4. The predicted octanol–water partition coefficient (Wildman–Crippen LogP) is 3.67. The molecule has 3 aromatic carbocycles. The fourth-order valence-corrected chi connectivity index (χ4v) is 5.97. The second kappa shape index (κ2) is 11.6. The molecule has 5 rings (SSSR count). The second-order valence-electron chi connectivity index (χ2n) is 10.1. The minimum Gasteiger partial charge on any atom is -0.455 e. The summed E-state index contributed by atoms with van der Waals surface area (Å²) in [6, 6.07) is 11.8. The van der Waals surface area contributed by atoms with Crippen molar-refractivity contribution in [1.29, 1.82) is 0 Å². The Kier molecular flexibility index (Phi) is 8.27. The van der Waals surface area contributed by atoms with Gasteiger partial charge in [-0.1, -0.05) is 12.1 Å². The number of amides is 1. The van der Waals surface area contributed by atoms with Gasteiger partial charge in [0.25, 0.3) is 5.91 Å². The van der Waals surface area contributed by atoms with Crippen LogP contribution in [0, 0.1) is 5.82 Å². The first-order valence-corrected chi connectivity index (χ1v) is 14.7. The summed E-state index contributed by atoms with van der Waals surface area (Å²) in [4.78, 5) is 12.9. The van der Waals surface area contributed by atoms with E-state index in [9.17, 15) is 40.8 Å². The van der Waals surface area contributed by atoms with Crippen LogP contribution in [0.2, 0.25) is 0 Å². The average Bonchev–Trinajstić information content (AvgIpc) is 3.71. The van der Waals surface area contributed by atoms with Crippen LogP contribution in [0.4, 0.5) is 17.6 Å². The zero-order chi connectivity index (χ0) is 31.1. The number of furan rings is 1. The molecule has 0 atom stereocenters. The first-order valence-electron chi connectivity index (χ1n) is 13.0. The lowest BCUT2D eigenvalue weighted by molar-refractivity contribution is -0.274. The number of halogens is 4. The summed E-state index contributed by atoms with van der Waals surface area (Å²) in [5, 5.41) is 21.8. The number of fused-ring (bicyclic) bond motifs is 1. The lowest BCUT2D eigenvalue weighted by atomic mass is 9.79. The van der Waals surface area contributed by atoms with E-state index in [1.54, 1.807) is 12.1 Å². The Balaban J connectivity index is 1.46. The number of ether oxygens (including phenoxy) is 1. The lowest BCUT2D eigenvalue weighted by Gasteiger charge is -2.15. The number of alkyl halides is 3. The molecule has 9 nitrogen and oxygen atoms in total. The molecule has 4 N–H and O–H groups in total. The molecule has 0 saturated heterocycles. The van der Waals surface area contributed by atoms with E-state index in [1.807, 2.05) is 0 Å². The van der Waals surface area contributed by atoms with Crippen molar-refractivity contribution < 1.29 is 50.0 Å². The third-order valence-corrected chi connectivity index (χ3v) is 8.23. The van der Waals surface area contributed by atoms with Crippen LogP contribution in [0.15, 0.2) is 59.0 Å². The number of hydrogen-bond acceptors (Lipinski definition) is 7. The highest BCUT2D eigenvalue weighted by Gasteiger charge is 2.34. The van der Waals surface area contributed by atoms with Crippen LogP contribution in [-0.2, 0) is 22.3 Å². The van der Waals surface area contributed by atoms with Gasteiger partial charge in [0.1, 0.15) is 22.9 Å². The molecule has 0 aliphatic heterocycles. The number of rotatable bonds is 10. The molecular formula is C28H25BF4N2O7S. The van der Waals surface area contributed by atoms with Gasteiger partial charge in [-0.15, -0.1) is 13.2 Å². The second-order valence-corrected chi connectivity index (χ2v) is 11.9. The summed E-state index contributed by atoms with van der Waals surface area (Å²) in [6.45, 7) is -0.407. The Bertz CT molecular complexity index is 1790. The molecule has 1 aliphatic rings. The molecule has 1 fully saturated rings. The van der Waals surface area contributed by atoms with E-state index >= 15 is 0 Å². The maximum atomic E-state index is 13.6. The van der Waals surface area contributed by atoms with Crippen LogP contribution in [0.1, 0.15) is 45.8 Å². The fraction of sp³-hybridized carbons (Fsp3) is 0.250. The number of sulfonamides is 1. The van der Waals surface area contributed by atoms with Gasteiger partial charge in [-0.25, -0.2) is 17.5 Å². The number of benzene rings is 3. The Labute approximate surface area is 243 Å². The van der Waals surface area contributed by atoms with Crippen LogP contribution >= 0.6 is 0 Å². The van der Waals surface area contributed by atoms with Crippen molar-refractivity contribution in [1.82, 2.24) is 10.0 Å². The van der Waals surface area contributed by atoms with Gasteiger partial charge in [-0.3, -0.25) is 4.79 Å². The van der Waals surface area contributed by atoms with E-state index < -0.39 is 58.7 Å². The molecule has 4 aromatic rings. The molecule has 0 unspecified atom stereocenters. The summed E-state index contributed by atoms with van der Waals surface area (Å²) in [7, 11) is -4.84. The highest BCUT2D eigenvalue weighted by Crippen LogP contribution is 2.45. The first kappa shape index (κ1) is 30.5. The van der Waals surface area contributed by atoms with E-state index in [2.05, 4.69) is 14.8 Å². The van der Waals surface area contributed by atoms with Crippen LogP contribution in [0.25, 0.3) is 22.3 Å². The van der Waals surface area contributed by atoms with Crippen molar-refractivity contribution in [3.05, 3.63) is 82.7 Å². The SMILES string of the molecule is CNC(=O)c1c(-c2ccc(F)cc2)oc2cc(CS(=O)(=O)NCc3ccc(B(O)O)c(OC(F)(F)F)c3)c(C3CC3)cc12. The molecule has 43 heavy (non-hydrogen) atoms. The van der Waals surface area contributed by atoms with Crippen molar-refractivity contribution in [3.8, 4) is 17.1 Å². The molecule has 0 bridgehead atoms. The lowest BCUT2D eigenvalue weighted by Crippen LogP contribution is -2.34. The minimum atomic E-state index is -5.11. The van der Waals surface area contributed by atoms with Crippen LogP contribution < -0.4 is 20.2 Å². The summed E-state index contributed by atoms with van der Waals surface area (Å²) in [5.41, 5.74) is 1.61. The van der Waals surface area contributed by atoms with Gasteiger partial charge < -0.3 is 24.5 Å². The Morgan fingerprint density at radius 3 is 2.40 bits per heavy atom. The summed E-state index contributed by atoms with van der Waals surface area (Å²) < 4.78 is 90.5. The number of nitrogens with one attached hydrogen (secondary N) is 2. The topological polar surface area (TPSA) is 138 Å². The number of carbonyl (C=O) groups is 1. The molecule has 1 amide bonds. The Morgan fingerprint density at radius 1 is 1.09 bits per heavy atom. The van der Waals surface area contributed by atoms with E-state index in [1.165, 1.54) is 37.4 Å². The van der Waals surface area contributed by atoms with Crippen molar-refractivity contribution in [2.75, 3.05) is 7.05 Å². The number of hydrogen-bond donors (Lipinski definition) is 4. The normalized spacial score (nSPS) is 13.7. The Morgan fingerprint density at radius 2 is 1.79 bits per heavy atom. The molecule has 0 radical (unpaired) electrons. The van der Waals surface area contributed by atoms with Crippen LogP contribution in [0.3, 0.4) is 0 Å². The Hall–Kier alpha value is -3.92. The maximum absolute atomic E-state index is 13.6. The molecule has 1 saturated carbocycles. The van der Waals surface area contributed by atoms with E-state index in [0.29, 0.717) is 16.5 Å². The van der Waals surface area contributed by atoms with E-state index in [0.717, 1.165) is 30.5 Å². The highest BCUT2D eigenvalue weighted by atomic mass is 32.2. The minimum absolute atomic E-state index is 0.0656. The van der Waals surface area contributed by atoms with Gasteiger partial charge in [0.2, 0.25) is 10.0 Å². The van der Waals surface area contributed by atoms with Crippen molar-refractivity contribution >= 4 is 39.5 Å². The third-order valence-electron chi connectivity index (χ3n) is 6.95. The van der Waals surface area contributed by atoms with Crippen molar-refractivity contribution in [3.63, 3.8) is 0 Å². The summed E-state index contributed by atoms with van der Waals surface area (Å²) >= 11 is 0. The fourth-order valence-electron chi connectivity index (χ4n) is 4.82. The number of carbonyl (C=O) groups excluding carboxylic acids is 1. The van der Waals surface area contributed by atoms with Crippen LogP contribution in [0.5, 0.6) is 5.75 Å². The van der Waals surface area contributed by atoms with E-state index in [-0.39, 0.29) is 28.4 Å². The quantitative estimate of drug-likeness (QED) is 0.157. The first-order chi connectivity index (χ1) is 20.2. The molecule has 0 spiro atoms. The van der Waals surface area contributed by atoms with Gasteiger partial charge in [0.15, 0.2) is 0 Å². The van der Waals surface area contributed by atoms with Gasteiger partial charge in [0.05, 0.1) is 11.3 Å². The van der Waals surface area contributed by atoms with Gasteiger partial charge in [-0.2, -0.15) is 0 Å². The maximum Gasteiger partial charge on any atom is 0.573 e. The zero-order valence-electron chi connectivity index (χ0n) is 22.5. The van der Waals surface area contributed by atoms with Gasteiger partial charge in [-0.05, 0) is 77.9 Å². The monoisotopic (exact) mass is 620 g/mol. The standard InChI is InChI=1S/C28H25BF4N2O7S/c1-34-27(36)25-21-12-20(16-3-4-16)18(11-23(21)41-26(25)17-5-7-19(30)8-6-17)14-43(39,40)35-13-15-2-9-22(29(37)38)24(10-15)42-28(31,32)33/h2,5-12,16,35,37-38H,3-4,13-14H2,1H3,(H,34,36). The smallest absolute Gasteiger partial charge is 0.455 e. The summed E-state index contributed by atoms with van der Waals surface area (Å²) in [6.07, 6.45) is -3.48. The molecule has 1 heterocycles. The van der Waals surface area contributed by atoms with Crippen molar-refractivity contribution in [2.24, 2.45) is 0 Å². The highest BCUT2D eigenvalue weighted by molar-refractivity contribution is 7.88. The van der Waals surface area contributed by atoms with Gasteiger partial charge in [0, 0.05) is 30.0 Å². The summed E-state index contributed by atoms with van der Waals surface area (Å²) in [5.74, 6) is -2.00. The largest absolute Gasteiger partial charge is 0.573 e. The van der Waals surface area contributed by atoms with Crippen LogP contribution in [-0.4, -0.2) is 44.9 Å². The third kappa shape index (κ3) is 7.01. The molecule has 15 heteroatoms. The molecule has 226 valence electrons. The molecular weight excluding hydrogens is 595 g/mol. The molecule has 1 aromatic heterocycles. The molecule has 1 aliphatic carbocycles.